The van der Waals surface area contributed by atoms with Crippen LogP contribution in [0.2, 0.25) is 0 Å². The molecule has 0 aromatic rings. The summed E-state index contributed by atoms with van der Waals surface area (Å²) in [7, 11) is 0. The number of carbonyl (C=O) groups excluding carboxylic acids is 8. The fraction of sp³-hybridized carbons (Fsp3) is 0.901. The molecule has 10 bridgehead atoms. The Morgan fingerprint density at radius 1 is 0.540 bits per heavy atom. The number of fused-ring (bicyclic) bond motifs is 1. The molecule has 1 N–H and O–H groups in total. The Labute approximate surface area is 615 Å². The van der Waals surface area contributed by atoms with Crippen molar-refractivity contribution < 1.29 is 86.1 Å². The summed E-state index contributed by atoms with van der Waals surface area (Å²) in [4.78, 5) is 94.8. The number of rotatable bonds is 18. The Morgan fingerprint density at radius 3 is 1.42 bits per heavy atom. The van der Waals surface area contributed by atoms with Crippen LogP contribution in [-0.2, 0) is 81.0 Å². The number of ether oxygens (including phenoxy) is 9. The van der Waals surface area contributed by atoms with E-state index in [9.17, 15) is 43.5 Å². The Bertz CT molecular complexity index is 2520. The van der Waals surface area contributed by atoms with Gasteiger partial charge in [-0.05, 0) is 220 Å². The predicted octanol–water partition coefficient (Wildman–Crippen LogP) is 19.0. The summed E-state index contributed by atoms with van der Waals surface area (Å²) in [6.45, 7) is 34.0. The number of hydrogen-bond acceptors (Lipinski definition) is 19. The van der Waals surface area contributed by atoms with E-state index in [1.54, 1.807) is 39.5 Å². The second-order valence-electron chi connectivity index (χ2n) is 32.2. The number of esters is 8. The van der Waals surface area contributed by atoms with Gasteiger partial charge in [-0.1, -0.05) is 123 Å². The molecule has 10 aliphatic carbocycles. The molecule has 0 radical (unpaired) electrons. The van der Waals surface area contributed by atoms with Gasteiger partial charge < -0.3 is 47.7 Å². The van der Waals surface area contributed by atoms with Crippen LogP contribution < -0.4 is 0 Å². The topological polar surface area (TPSA) is 240 Å². The Kier molecular flexibility index (Phi) is 41.5. The normalized spacial score (nSPS) is 31.3. The largest absolute Gasteiger partial charge is 0.463 e. The van der Waals surface area contributed by atoms with Crippen LogP contribution in [-0.4, -0.2) is 126 Å². The standard InChI is InChI=1S/C19H32O2.C16H22O6.C16H26O3.C10H16O4.C10H18O3S.10CH4/c1-6-18(4,5)17(20)21-19(12(2)3)15-8-13-7-14(10-15)11-16(19)9-13;1-4-16(2,3)15(19)20-7-11(17)21-12-8-5-9-10(6-8)14(18)22-13(9)12;1-4-14(2,3)13(17)19-16-8-11-5-12(9-16)7-15(18,6-11)10-16;1-4-10(2,3)9(12)14-7-5-6-13-8(7)11;1-4-10(2,3)9(11)13-8-7-14-6-5-12-8;;;;;;;;;;/h12-16H,6-11H2,1-5H3;8-10,12-13H,4-7H2,1-3H3;11-12,18H,4-10H2,1-3H3;7H,4-6H2,1-3H3;8H,4-7H2,1-3H3;10*1H4. The molecule has 100 heavy (non-hydrogen) atoms. The molecule has 9 atom stereocenters. The summed E-state index contributed by atoms with van der Waals surface area (Å²) >= 11 is 1.76. The molecule has 3 saturated heterocycles. The summed E-state index contributed by atoms with van der Waals surface area (Å²) in [6, 6.07) is 0. The van der Waals surface area contributed by atoms with Crippen LogP contribution in [0.4, 0.5) is 0 Å². The maximum atomic E-state index is 12.8. The van der Waals surface area contributed by atoms with Crippen LogP contribution in [0.1, 0.15) is 314 Å². The number of hydrogen-bond donors (Lipinski definition) is 1. The Balaban J connectivity index is -0.000000568. The lowest BCUT2D eigenvalue weighted by Crippen LogP contribution is -2.63. The molecule has 13 aliphatic rings. The van der Waals surface area contributed by atoms with Crippen molar-refractivity contribution in [2.45, 2.75) is 355 Å². The van der Waals surface area contributed by atoms with Crippen molar-refractivity contribution in [3.05, 3.63) is 0 Å². The van der Waals surface area contributed by atoms with Crippen LogP contribution in [0.25, 0.3) is 0 Å². The van der Waals surface area contributed by atoms with Gasteiger partial charge in [-0.2, -0.15) is 11.8 Å². The first-order chi connectivity index (χ1) is 41.9. The lowest BCUT2D eigenvalue weighted by molar-refractivity contribution is -0.231. The summed E-state index contributed by atoms with van der Waals surface area (Å²) in [5.41, 5.74) is -3.38. The van der Waals surface area contributed by atoms with E-state index in [0.717, 1.165) is 81.1 Å². The monoisotopic (exact) mass is 1450 g/mol. The molecule has 3 aliphatic heterocycles. The highest BCUT2D eigenvalue weighted by atomic mass is 32.2. The van der Waals surface area contributed by atoms with Crippen LogP contribution in [0.15, 0.2) is 0 Å². The molecule has 9 unspecified atom stereocenters. The van der Waals surface area contributed by atoms with Gasteiger partial charge in [-0.15, -0.1) is 0 Å². The first-order valence-electron chi connectivity index (χ1n) is 34.5. The van der Waals surface area contributed by atoms with Gasteiger partial charge in [0, 0.05) is 30.4 Å². The number of cyclic esters (lactones) is 1. The van der Waals surface area contributed by atoms with E-state index in [4.69, 9.17) is 42.6 Å². The number of carbonyl (C=O) groups is 8. The minimum atomic E-state index is -0.687. The maximum absolute atomic E-state index is 12.8. The molecule has 10 saturated carbocycles. The van der Waals surface area contributed by atoms with E-state index in [2.05, 4.69) is 20.8 Å². The molecule has 13 fully saturated rings. The second-order valence-corrected chi connectivity index (χ2v) is 33.4. The van der Waals surface area contributed by atoms with E-state index in [1.807, 2.05) is 69.2 Å². The highest BCUT2D eigenvalue weighted by molar-refractivity contribution is 7.99. The summed E-state index contributed by atoms with van der Waals surface area (Å²) in [6.07, 6.45) is 16.4. The minimum Gasteiger partial charge on any atom is -0.463 e. The first kappa shape index (κ1) is 102. The highest BCUT2D eigenvalue weighted by Crippen LogP contribution is 2.63. The molecule has 592 valence electrons. The zero-order valence-corrected chi connectivity index (χ0v) is 58.7. The molecule has 19 heteroatoms. The highest BCUT2D eigenvalue weighted by Gasteiger charge is 2.64. The van der Waals surface area contributed by atoms with Crippen molar-refractivity contribution in [3.8, 4) is 0 Å². The molecular weight excluding hydrogens is 1290 g/mol. The van der Waals surface area contributed by atoms with Crippen molar-refractivity contribution >= 4 is 59.5 Å². The molecular formula is C81H154O18S. The first-order valence-corrected chi connectivity index (χ1v) is 35.6. The number of thioether (sulfide) groups is 1. The quantitative estimate of drug-likeness (QED) is 0.0991. The van der Waals surface area contributed by atoms with Gasteiger partial charge in [0.05, 0.1) is 57.6 Å². The van der Waals surface area contributed by atoms with E-state index < -0.39 is 51.3 Å². The van der Waals surface area contributed by atoms with Gasteiger partial charge in [0.15, 0.2) is 6.61 Å². The maximum Gasteiger partial charge on any atom is 0.347 e. The van der Waals surface area contributed by atoms with Gasteiger partial charge >= 0.3 is 47.8 Å². The lowest BCUT2D eigenvalue weighted by atomic mass is 9.47. The third-order valence-electron chi connectivity index (χ3n) is 23.2. The van der Waals surface area contributed by atoms with E-state index >= 15 is 0 Å². The Morgan fingerprint density at radius 2 is 0.990 bits per heavy atom. The van der Waals surface area contributed by atoms with Gasteiger partial charge in [0.1, 0.15) is 23.4 Å². The zero-order chi connectivity index (χ0) is 66.7. The third-order valence-corrected chi connectivity index (χ3v) is 24.2. The summed E-state index contributed by atoms with van der Waals surface area (Å²) in [5.74, 6) is 4.63. The van der Waals surface area contributed by atoms with Gasteiger partial charge in [0.25, 0.3) is 0 Å². The van der Waals surface area contributed by atoms with Crippen LogP contribution in [0.5, 0.6) is 0 Å². The molecule has 0 aromatic heterocycles. The van der Waals surface area contributed by atoms with Crippen LogP contribution >= 0.6 is 11.8 Å². The third kappa shape index (κ3) is 23.5. The van der Waals surface area contributed by atoms with Crippen molar-refractivity contribution in [2.75, 3.05) is 31.3 Å². The van der Waals surface area contributed by atoms with Crippen molar-refractivity contribution in [3.63, 3.8) is 0 Å². The van der Waals surface area contributed by atoms with E-state index in [-0.39, 0.29) is 164 Å². The average molecular weight is 1450 g/mol. The Hall–Kier alpha value is -3.97. The fourth-order valence-corrected chi connectivity index (χ4v) is 16.7. The lowest BCUT2D eigenvalue weighted by Gasteiger charge is -2.62. The minimum absolute atomic E-state index is 0. The van der Waals surface area contributed by atoms with Crippen molar-refractivity contribution in [1.29, 1.82) is 0 Å². The zero-order valence-electron chi connectivity index (χ0n) is 57.8. The van der Waals surface area contributed by atoms with Crippen molar-refractivity contribution in [2.24, 2.45) is 86.3 Å². The van der Waals surface area contributed by atoms with Gasteiger partial charge in [0.2, 0.25) is 12.4 Å². The van der Waals surface area contributed by atoms with Crippen molar-refractivity contribution in [1.82, 2.24) is 0 Å². The van der Waals surface area contributed by atoms with Crippen LogP contribution in [0, 0.1) is 86.3 Å². The molecule has 0 amide bonds. The molecule has 0 spiro atoms. The molecule has 0 aromatic carbocycles. The predicted molar refractivity (Wildman–Crippen MR) is 406 cm³/mol. The van der Waals surface area contributed by atoms with Crippen LogP contribution in [0.3, 0.4) is 0 Å². The van der Waals surface area contributed by atoms with Gasteiger partial charge in [-0.25, -0.2) is 9.59 Å². The molecule has 13 rings (SSSR count). The second kappa shape index (κ2) is 40.5. The average Bonchev–Trinajstić information content (AvgIpc) is 0.857. The fourth-order valence-electron chi connectivity index (χ4n) is 16.0. The van der Waals surface area contributed by atoms with E-state index in [1.165, 1.54) is 38.5 Å². The number of aliphatic hydroxyl groups is 1. The summed E-state index contributed by atoms with van der Waals surface area (Å²) < 4.78 is 48.5. The molecule has 18 nitrogen and oxygen atoms in total. The SMILES string of the molecule is C.C.C.C.C.C.C.C.C.C.CCC(C)(C)C(=O)OC1(C(C)C)C2CC3CC(C2)CC1C3.CCC(C)(C)C(=O)OC12CC3CC(CC(O)(C3)C1)C2.CCC(C)(C)C(=O)OC1CCOC1=O.CCC(C)(C)C(=O)OC1CSCCO1.CCC(C)(C)C(=O)OCC(=O)OC1C2CC3C(=O)OC1C3C2. The van der Waals surface area contributed by atoms with Gasteiger partial charge in [-0.3, -0.25) is 28.8 Å². The summed E-state index contributed by atoms with van der Waals surface area (Å²) in [5, 5.41) is 10.6. The smallest absolute Gasteiger partial charge is 0.347 e. The molecule has 3 heterocycles. The van der Waals surface area contributed by atoms with E-state index in [0.29, 0.717) is 68.5 Å².